The molecule has 0 aliphatic carbocycles. The van der Waals surface area contributed by atoms with Crippen molar-refractivity contribution in [2.75, 3.05) is 0 Å². The number of halogens is 1. The second kappa shape index (κ2) is 4.08. The summed E-state index contributed by atoms with van der Waals surface area (Å²) in [6, 6.07) is 8.46. The van der Waals surface area contributed by atoms with Gasteiger partial charge in [-0.1, -0.05) is 52.8 Å². The highest BCUT2D eigenvalue weighted by molar-refractivity contribution is 8.42. The minimum atomic E-state index is 0.386. The van der Waals surface area contributed by atoms with E-state index in [1.165, 1.54) is 21.9 Å². The number of benzene rings is 1. The van der Waals surface area contributed by atoms with Crippen molar-refractivity contribution < 1.29 is 0 Å². The first-order chi connectivity index (χ1) is 5.24. The highest BCUT2D eigenvalue weighted by Gasteiger charge is 2.08. The molecule has 0 spiro atoms. The third-order valence-electron chi connectivity index (χ3n) is 1.68. The molecule has 1 rings (SSSR count). The van der Waals surface area contributed by atoms with Crippen molar-refractivity contribution in [3.63, 3.8) is 0 Å². The van der Waals surface area contributed by atoms with Crippen LogP contribution in [-0.4, -0.2) is 5.99 Å². The van der Waals surface area contributed by atoms with Crippen LogP contribution in [-0.2, 0) is 0 Å². The van der Waals surface area contributed by atoms with Gasteiger partial charge in [0.2, 0.25) is 0 Å². The zero-order valence-corrected chi connectivity index (χ0v) is 8.25. The molecule has 58 valence electrons. The smallest absolute Gasteiger partial charge is 0.103 e. The molecule has 1 aromatic rings. The maximum Gasteiger partial charge on any atom is 0.259 e. The maximum atomic E-state index is 5.64. The molecule has 0 nitrogen and oxygen atoms in total. The summed E-state index contributed by atoms with van der Waals surface area (Å²) >= 11 is 0. The third kappa shape index (κ3) is 2.46. The monoisotopic (exact) mass is 184 g/mol. The second-order valence-electron chi connectivity index (χ2n) is 2.64. The van der Waals surface area contributed by atoms with E-state index in [2.05, 4.69) is 38.0 Å². The molecule has 0 heterocycles. The summed E-state index contributed by atoms with van der Waals surface area (Å²) in [7, 11) is 7.00. The van der Waals surface area contributed by atoms with Gasteiger partial charge in [0.25, 0.3) is 5.99 Å². The lowest BCUT2D eigenvalue weighted by molar-refractivity contribution is 1.49. The van der Waals surface area contributed by atoms with E-state index >= 15 is 0 Å². The van der Waals surface area contributed by atoms with E-state index in [-0.39, 0.29) is 0 Å². The Kier molecular flexibility index (Phi) is 3.34. The molecule has 0 fully saturated rings. The largest absolute Gasteiger partial charge is 0.259 e. The van der Waals surface area contributed by atoms with Crippen LogP contribution in [0.15, 0.2) is 24.3 Å². The SMILES string of the molecule is CB(SCl)c1ccc(C)cc1. The molecule has 0 saturated heterocycles. The Hall–Kier alpha value is -0.0751. The molecule has 0 bridgehead atoms. The lowest BCUT2D eigenvalue weighted by Crippen LogP contribution is -2.21. The van der Waals surface area contributed by atoms with Crippen LogP contribution < -0.4 is 5.46 Å². The molecule has 0 aliphatic rings. The third-order valence-corrected chi connectivity index (χ3v) is 3.02. The summed E-state index contributed by atoms with van der Waals surface area (Å²) in [6.45, 7) is 4.19. The molecule has 0 unspecified atom stereocenters. The van der Waals surface area contributed by atoms with Crippen LogP contribution in [0.4, 0.5) is 0 Å². The molecule has 1 aromatic carbocycles. The summed E-state index contributed by atoms with van der Waals surface area (Å²) < 4.78 is 0. The molecule has 0 atom stereocenters. The van der Waals surface area contributed by atoms with Gasteiger partial charge in [0.1, 0.15) is 0 Å². The minimum Gasteiger partial charge on any atom is -0.103 e. The first kappa shape index (κ1) is 9.02. The van der Waals surface area contributed by atoms with Crippen LogP contribution in [0, 0.1) is 6.92 Å². The fourth-order valence-electron chi connectivity index (χ4n) is 0.889. The van der Waals surface area contributed by atoms with Crippen LogP contribution in [0.3, 0.4) is 0 Å². The van der Waals surface area contributed by atoms with Gasteiger partial charge in [-0.15, -0.1) is 10.8 Å². The summed E-state index contributed by atoms with van der Waals surface area (Å²) in [5.41, 5.74) is 2.58. The van der Waals surface area contributed by atoms with Crippen LogP contribution >= 0.6 is 21.5 Å². The highest BCUT2D eigenvalue weighted by Crippen LogP contribution is 2.11. The summed E-state index contributed by atoms with van der Waals surface area (Å²) in [6.07, 6.45) is 0. The number of aryl methyl sites for hydroxylation is 1. The molecule has 0 saturated carbocycles. The maximum absolute atomic E-state index is 5.64. The minimum absolute atomic E-state index is 0.386. The molecule has 0 amide bonds. The van der Waals surface area contributed by atoms with Gasteiger partial charge in [-0.05, 0) is 6.92 Å². The van der Waals surface area contributed by atoms with E-state index in [1.54, 1.807) is 0 Å². The quantitative estimate of drug-likeness (QED) is 0.637. The van der Waals surface area contributed by atoms with Crippen molar-refractivity contribution in [2.45, 2.75) is 13.7 Å². The van der Waals surface area contributed by atoms with Gasteiger partial charge in [0, 0.05) is 0 Å². The van der Waals surface area contributed by atoms with Crippen molar-refractivity contribution in [1.82, 2.24) is 0 Å². The Morgan fingerprint density at radius 1 is 1.27 bits per heavy atom. The van der Waals surface area contributed by atoms with Gasteiger partial charge in [-0.3, -0.25) is 0 Å². The van der Waals surface area contributed by atoms with E-state index in [0.29, 0.717) is 5.99 Å². The van der Waals surface area contributed by atoms with Gasteiger partial charge in [0.15, 0.2) is 0 Å². The zero-order valence-electron chi connectivity index (χ0n) is 6.67. The molecule has 0 aliphatic heterocycles. The van der Waals surface area contributed by atoms with Crippen molar-refractivity contribution in [3.8, 4) is 0 Å². The molecule has 0 aromatic heterocycles. The van der Waals surface area contributed by atoms with E-state index in [9.17, 15) is 0 Å². The Bertz CT molecular complexity index is 222. The lowest BCUT2D eigenvalue weighted by atomic mass is 9.71. The lowest BCUT2D eigenvalue weighted by Gasteiger charge is -2.02. The predicted octanol–water partition coefficient (Wildman–Crippen LogP) is 2.71. The topological polar surface area (TPSA) is 0 Å². The summed E-state index contributed by atoms with van der Waals surface area (Å²) in [5.74, 6) is 0.386. The fourth-order valence-corrected chi connectivity index (χ4v) is 1.46. The highest BCUT2D eigenvalue weighted by atomic mass is 35.7. The van der Waals surface area contributed by atoms with Gasteiger partial charge in [-0.25, -0.2) is 0 Å². The van der Waals surface area contributed by atoms with Crippen molar-refractivity contribution >= 4 is 33.0 Å². The Morgan fingerprint density at radius 3 is 2.27 bits per heavy atom. The summed E-state index contributed by atoms with van der Waals surface area (Å²) in [5, 5.41) is 0. The molecule has 0 N–H and O–H groups in total. The first-order valence-corrected chi connectivity index (χ1v) is 5.28. The van der Waals surface area contributed by atoms with Gasteiger partial charge < -0.3 is 0 Å². The Balaban J connectivity index is 2.81. The predicted molar refractivity (Wildman–Crippen MR) is 55.9 cm³/mol. The molecular formula is C8H10BClS. The molecule has 11 heavy (non-hydrogen) atoms. The van der Waals surface area contributed by atoms with Crippen molar-refractivity contribution in [2.24, 2.45) is 0 Å². The zero-order chi connectivity index (χ0) is 8.27. The second-order valence-corrected chi connectivity index (χ2v) is 4.06. The molecule has 0 radical (unpaired) electrons. The average molecular weight is 184 g/mol. The number of hydrogen-bond donors (Lipinski definition) is 0. The Labute approximate surface area is 76.8 Å². The van der Waals surface area contributed by atoms with Crippen LogP contribution in [0.25, 0.3) is 0 Å². The Morgan fingerprint density at radius 2 is 1.82 bits per heavy atom. The normalized spacial score (nSPS) is 9.73. The van der Waals surface area contributed by atoms with E-state index < -0.39 is 0 Å². The van der Waals surface area contributed by atoms with Crippen LogP contribution in [0.5, 0.6) is 0 Å². The number of hydrogen-bond acceptors (Lipinski definition) is 1. The average Bonchev–Trinajstić information content (AvgIpc) is 2.05. The van der Waals surface area contributed by atoms with Crippen LogP contribution in [0.1, 0.15) is 5.56 Å². The van der Waals surface area contributed by atoms with Gasteiger partial charge >= 0.3 is 0 Å². The first-order valence-electron chi connectivity index (χ1n) is 3.58. The van der Waals surface area contributed by atoms with E-state index in [1.807, 2.05) is 0 Å². The molecular weight excluding hydrogens is 174 g/mol. The summed E-state index contributed by atoms with van der Waals surface area (Å²) in [4.78, 5) is 0. The standard InChI is InChI=1S/C8H10BClS/c1-7-3-5-8(6-4-7)9(2)11-10/h3-6H,1-2H3. The van der Waals surface area contributed by atoms with Crippen molar-refractivity contribution in [3.05, 3.63) is 29.8 Å². The van der Waals surface area contributed by atoms with Crippen LogP contribution in [0.2, 0.25) is 6.82 Å². The molecule has 3 heteroatoms. The van der Waals surface area contributed by atoms with Crippen molar-refractivity contribution in [1.29, 1.82) is 0 Å². The van der Waals surface area contributed by atoms with E-state index in [4.69, 9.17) is 10.7 Å². The van der Waals surface area contributed by atoms with Gasteiger partial charge in [0.05, 0.1) is 0 Å². The van der Waals surface area contributed by atoms with Gasteiger partial charge in [-0.2, -0.15) is 0 Å². The number of rotatable bonds is 2. The fraction of sp³-hybridized carbons (Fsp3) is 0.250. The van der Waals surface area contributed by atoms with E-state index in [0.717, 1.165) is 0 Å².